The van der Waals surface area contributed by atoms with E-state index in [-0.39, 0.29) is 12.6 Å². The fourth-order valence-corrected chi connectivity index (χ4v) is 5.61. The highest BCUT2D eigenvalue weighted by atomic mass is 35.5. The van der Waals surface area contributed by atoms with E-state index in [4.69, 9.17) is 44.5 Å². The number of hydrogen-bond acceptors (Lipinski definition) is 6. The molecule has 2 aliphatic heterocycles. The Morgan fingerprint density at radius 2 is 1.79 bits per heavy atom. The summed E-state index contributed by atoms with van der Waals surface area (Å²) in [6.07, 6.45) is 1.94. The molecular weight excluding hydrogens is 501 g/mol. The SMILES string of the molecule is CC1=C(C(=O)OCCN(C)C)C(c2ccc(Cl)cc2)N2C=C(c3c(Cl)cccc3Cl)SC2=N1. The molecule has 9 heteroatoms. The van der Waals surface area contributed by atoms with Gasteiger partial charge in [0.25, 0.3) is 0 Å². The van der Waals surface area contributed by atoms with Crippen LogP contribution in [0, 0.1) is 0 Å². The third-order valence-corrected chi connectivity index (χ3v) is 7.17. The number of benzene rings is 2. The lowest BCUT2D eigenvalue weighted by molar-refractivity contribution is -0.140. The van der Waals surface area contributed by atoms with Gasteiger partial charge in [0.05, 0.1) is 27.4 Å². The smallest absolute Gasteiger partial charge is 0.338 e. The van der Waals surface area contributed by atoms with Crippen LogP contribution in [0.4, 0.5) is 0 Å². The normalized spacial score (nSPS) is 17.8. The minimum Gasteiger partial charge on any atom is -0.461 e. The van der Waals surface area contributed by atoms with Crippen LogP contribution < -0.4 is 0 Å². The molecule has 1 unspecified atom stereocenters. The van der Waals surface area contributed by atoms with Gasteiger partial charge < -0.3 is 14.5 Å². The van der Waals surface area contributed by atoms with Gasteiger partial charge in [0.1, 0.15) is 6.61 Å². The van der Waals surface area contributed by atoms with Crippen molar-refractivity contribution in [1.29, 1.82) is 0 Å². The number of allylic oxidation sites excluding steroid dienone is 1. The number of esters is 1. The van der Waals surface area contributed by atoms with Crippen LogP contribution in [-0.4, -0.2) is 48.2 Å². The van der Waals surface area contributed by atoms with Gasteiger partial charge in [-0.05, 0) is 62.6 Å². The summed E-state index contributed by atoms with van der Waals surface area (Å²) in [5.74, 6) is -0.389. The zero-order valence-electron chi connectivity index (χ0n) is 18.3. The first-order valence-electron chi connectivity index (χ1n) is 10.3. The molecule has 4 rings (SSSR count). The van der Waals surface area contributed by atoms with E-state index in [1.807, 2.05) is 67.4 Å². The molecule has 2 aromatic rings. The van der Waals surface area contributed by atoms with Gasteiger partial charge in [-0.15, -0.1) is 0 Å². The van der Waals surface area contributed by atoms with Crippen molar-refractivity contribution in [2.45, 2.75) is 13.0 Å². The lowest BCUT2D eigenvalue weighted by atomic mass is 9.95. The lowest BCUT2D eigenvalue weighted by Gasteiger charge is -2.33. The van der Waals surface area contributed by atoms with E-state index in [1.54, 1.807) is 12.1 Å². The summed E-state index contributed by atoms with van der Waals surface area (Å²) in [5, 5.41) is 2.47. The van der Waals surface area contributed by atoms with Crippen molar-refractivity contribution < 1.29 is 9.53 Å². The number of halogens is 3. The highest BCUT2D eigenvalue weighted by molar-refractivity contribution is 8.22. The number of aliphatic imine (C=N–C) groups is 1. The summed E-state index contributed by atoms with van der Waals surface area (Å²) in [7, 11) is 3.86. The van der Waals surface area contributed by atoms with E-state index in [0.29, 0.717) is 32.9 Å². The predicted molar refractivity (Wildman–Crippen MR) is 138 cm³/mol. The second-order valence-electron chi connectivity index (χ2n) is 7.89. The summed E-state index contributed by atoms with van der Waals surface area (Å²) >= 11 is 20.5. The molecule has 2 aromatic carbocycles. The highest BCUT2D eigenvalue weighted by Gasteiger charge is 2.40. The van der Waals surface area contributed by atoms with Gasteiger partial charge in [0.15, 0.2) is 5.17 Å². The van der Waals surface area contributed by atoms with Gasteiger partial charge >= 0.3 is 5.97 Å². The third kappa shape index (κ3) is 5.10. The standard InChI is InChI=1S/C24H22Cl3N3O2S/c1-14-20(23(31)32-12-11-29(2)3)22(15-7-9-16(25)10-8-15)30-13-19(33-24(30)28-14)21-17(26)5-4-6-18(21)27/h4-10,13,22H,11-12H2,1-3H3. The number of likely N-dealkylation sites (N-methyl/N-ethyl adjacent to an activating group) is 1. The number of carbonyl (C=O) groups excluding carboxylic acids is 1. The van der Waals surface area contributed by atoms with Crippen molar-refractivity contribution in [3.8, 4) is 0 Å². The zero-order chi connectivity index (χ0) is 23.7. The van der Waals surface area contributed by atoms with Gasteiger partial charge in [-0.3, -0.25) is 0 Å². The molecule has 0 saturated carbocycles. The Kier molecular flexibility index (Phi) is 7.41. The van der Waals surface area contributed by atoms with Gasteiger partial charge in [0.2, 0.25) is 0 Å². The number of thioether (sulfide) groups is 1. The van der Waals surface area contributed by atoms with Crippen molar-refractivity contribution in [3.05, 3.63) is 86.1 Å². The summed E-state index contributed by atoms with van der Waals surface area (Å²) < 4.78 is 5.61. The Hall–Kier alpha value is -1.96. The molecule has 0 radical (unpaired) electrons. The van der Waals surface area contributed by atoms with Crippen molar-refractivity contribution in [2.75, 3.05) is 27.2 Å². The highest BCUT2D eigenvalue weighted by Crippen LogP contribution is 2.49. The van der Waals surface area contributed by atoms with Gasteiger partial charge in [-0.25, -0.2) is 9.79 Å². The van der Waals surface area contributed by atoms with Crippen LogP contribution in [0.2, 0.25) is 15.1 Å². The van der Waals surface area contributed by atoms with Crippen LogP contribution in [-0.2, 0) is 9.53 Å². The summed E-state index contributed by atoms with van der Waals surface area (Å²) in [6, 6.07) is 12.4. The number of carbonyl (C=O) groups is 1. The monoisotopic (exact) mass is 521 g/mol. The maximum atomic E-state index is 13.2. The quantitative estimate of drug-likeness (QED) is 0.406. The third-order valence-electron chi connectivity index (χ3n) is 5.27. The van der Waals surface area contributed by atoms with E-state index >= 15 is 0 Å². The van der Waals surface area contributed by atoms with Crippen molar-refractivity contribution in [2.24, 2.45) is 4.99 Å². The molecule has 5 nitrogen and oxygen atoms in total. The maximum Gasteiger partial charge on any atom is 0.338 e. The number of fused-ring (bicyclic) bond motifs is 1. The molecule has 2 heterocycles. The van der Waals surface area contributed by atoms with Crippen molar-refractivity contribution in [1.82, 2.24) is 9.80 Å². The number of hydrogen-bond donors (Lipinski definition) is 0. The minimum atomic E-state index is -0.423. The fourth-order valence-electron chi connectivity index (χ4n) is 3.64. The van der Waals surface area contributed by atoms with Gasteiger partial charge in [-0.1, -0.05) is 53.0 Å². The summed E-state index contributed by atoms with van der Waals surface area (Å²) in [5.41, 5.74) is 2.74. The van der Waals surface area contributed by atoms with E-state index < -0.39 is 6.04 Å². The second kappa shape index (κ2) is 10.1. The van der Waals surface area contributed by atoms with Crippen LogP contribution in [0.3, 0.4) is 0 Å². The molecule has 33 heavy (non-hydrogen) atoms. The first-order valence-corrected chi connectivity index (χ1v) is 12.2. The minimum absolute atomic E-state index is 0.289. The van der Waals surface area contributed by atoms with Crippen LogP contribution >= 0.6 is 46.6 Å². The molecule has 0 aromatic heterocycles. The fraction of sp³-hybridized carbons (Fsp3) is 0.250. The number of ether oxygens (including phenoxy) is 1. The number of rotatable bonds is 6. The zero-order valence-corrected chi connectivity index (χ0v) is 21.4. The summed E-state index contributed by atoms with van der Waals surface area (Å²) in [6.45, 7) is 2.75. The first-order chi connectivity index (χ1) is 15.8. The van der Waals surface area contributed by atoms with E-state index in [9.17, 15) is 4.79 Å². The molecule has 172 valence electrons. The molecule has 0 N–H and O–H groups in total. The van der Waals surface area contributed by atoms with Gasteiger partial charge in [-0.2, -0.15) is 0 Å². The Bertz CT molecular complexity index is 1160. The van der Waals surface area contributed by atoms with E-state index in [2.05, 4.69) is 0 Å². The largest absolute Gasteiger partial charge is 0.461 e. The van der Waals surface area contributed by atoms with Crippen molar-refractivity contribution >= 4 is 62.6 Å². The predicted octanol–water partition coefficient (Wildman–Crippen LogP) is 6.48. The van der Waals surface area contributed by atoms with Crippen LogP contribution in [0.15, 0.2) is 64.9 Å². The average Bonchev–Trinajstić information content (AvgIpc) is 3.16. The van der Waals surface area contributed by atoms with E-state index in [1.165, 1.54) is 11.8 Å². The molecule has 0 spiro atoms. The molecule has 1 atom stereocenters. The van der Waals surface area contributed by atoms with Crippen LogP contribution in [0.5, 0.6) is 0 Å². The molecule has 0 bridgehead atoms. The Labute approximate surface area is 212 Å². The lowest BCUT2D eigenvalue weighted by Crippen LogP contribution is -2.34. The van der Waals surface area contributed by atoms with Gasteiger partial charge in [0, 0.05) is 28.2 Å². The number of nitrogens with zero attached hydrogens (tertiary/aromatic N) is 3. The molecular formula is C24H22Cl3N3O2S. The van der Waals surface area contributed by atoms with Crippen molar-refractivity contribution in [3.63, 3.8) is 0 Å². The summed E-state index contributed by atoms with van der Waals surface area (Å²) in [4.78, 5) is 22.7. The second-order valence-corrected chi connectivity index (χ2v) is 10.1. The molecule has 0 amide bonds. The Morgan fingerprint density at radius 3 is 2.42 bits per heavy atom. The Morgan fingerprint density at radius 1 is 1.12 bits per heavy atom. The maximum absolute atomic E-state index is 13.2. The number of amidine groups is 1. The molecule has 0 fully saturated rings. The average molecular weight is 523 g/mol. The molecule has 0 aliphatic carbocycles. The first kappa shape index (κ1) is 24.2. The van der Waals surface area contributed by atoms with Crippen LogP contribution in [0.1, 0.15) is 24.1 Å². The topological polar surface area (TPSA) is 45.1 Å². The molecule has 2 aliphatic rings. The van der Waals surface area contributed by atoms with E-state index in [0.717, 1.165) is 21.2 Å². The van der Waals surface area contributed by atoms with Crippen LogP contribution in [0.25, 0.3) is 4.91 Å². The Balaban J connectivity index is 1.76. The molecule has 0 saturated heterocycles.